The molecular formula is C18H16N4O2Si. The molecule has 0 bridgehead atoms. The molecule has 0 atom stereocenters. The topological polar surface area (TPSA) is 107 Å². The highest BCUT2D eigenvalue weighted by Gasteiger charge is 2.26. The average Bonchev–Trinajstić information content (AvgIpc) is 2.62. The highest BCUT2D eigenvalue weighted by molar-refractivity contribution is 7.00. The van der Waals surface area contributed by atoms with E-state index in [1.165, 1.54) is 0 Å². The van der Waals surface area contributed by atoms with Crippen LogP contribution in [0.25, 0.3) is 11.1 Å². The molecule has 0 fully saturated rings. The maximum absolute atomic E-state index is 11.7. The molecule has 0 unspecified atom stereocenters. The molecule has 0 aromatic heterocycles. The number of carbonyl (C=O) groups is 2. The minimum absolute atomic E-state index is 0.359. The van der Waals surface area contributed by atoms with E-state index in [1.54, 1.807) is 24.3 Å². The molecule has 0 aliphatic carbocycles. The Balaban J connectivity index is 2.31. The molecule has 0 radical (unpaired) electrons. The van der Waals surface area contributed by atoms with Gasteiger partial charge in [0.1, 0.15) is 8.07 Å². The van der Waals surface area contributed by atoms with Crippen molar-refractivity contribution in [1.82, 2.24) is 0 Å². The molecule has 0 aliphatic heterocycles. The number of hydrogen-bond acceptors (Lipinski definition) is 2. The largest absolute Gasteiger partial charge is 0.361 e. The molecule has 0 heterocycles. The van der Waals surface area contributed by atoms with Gasteiger partial charge in [0.05, 0.1) is 0 Å². The van der Waals surface area contributed by atoms with Crippen molar-refractivity contribution in [1.29, 1.82) is 0 Å². The van der Waals surface area contributed by atoms with Crippen LogP contribution < -0.4 is 10.4 Å². The molecule has 6 nitrogen and oxygen atoms in total. The lowest BCUT2D eigenvalue weighted by Gasteiger charge is -2.24. The smallest absolute Gasteiger partial charge is 0.328 e. The highest BCUT2D eigenvalue weighted by atomic mass is 28.3. The minimum Gasteiger partial charge on any atom is -0.361 e. The monoisotopic (exact) mass is 348 g/mol. The fourth-order valence-corrected chi connectivity index (χ4v) is 4.86. The van der Waals surface area contributed by atoms with Crippen LogP contribution in [-0.2, 0) is 0 Å². The zero-order valence-electron chi connectivity index (χ0n) is 13.9. The zero-order chi connectivity index (χ0) is 18.4. The van der Waals surface area contributed by atoms with Gasteiger partial charge in [-0.3, -0.25) is 9.59 Å². The summed E-state index contributed by atoms with van der Waals surface area (Å²) >= 11 is 0. The molecule has 0 aliphatic rings. The van der Waals surface area contributed by atoms with Gasteiger partial charge < -0.3 is 11.1 Å². The Labute approximate surface area is 146 Å². The summed E-state index contributed by atoms with van der Waals surface area (Å²) in [4.78, 5) is 28.8. The molecular weight excluding hydrogens is 332 g/mol. The van der Waals surface area contributed by atoms with E-state index in [-0.39, 0.29) is 11.6 Å². The number of nitrogens with zero attached hydrogens (tertiary/aromatic N) is 4. The van der Waals surface area contributed by atoms with Crippen LogP contribution in [0, 0.1) is 0 Å². The molecule has 7 heteroatoms. The Morgan fingerprint density at radius 1 is 0.760 bits per heavy atom. The van der Waals surface area contributed by atoms with E-state index in [0.717, 1.165) is 22.8 Å². The van der Waals surface area contributed by atoms with E-state index < -0.39 is 8.07 Å². The molecule has 0 spiro atoms. The Hall–Kier alpha value is -3.24. The van der Waals surface area contributed by atoms with Crippen molar-refractivity contribution in [3.63, 3.8) is 0 Å². The first-order chi connectivity index (χ1) is 11.9. The summed E-state index contributed by atoms with van der Waals surface area (Å²) in [5.41, 5.74) is 17.8. The van der Waals surface area contributed by atoms with Gasteiger partial charge in [-0.1, -0.05) is 72.0 Å². The first kappa shape index (κ1) is 18.1. The third-order valence-corrected chi connectivity index (χ3v) is 7.69. The van der Waals surface area contributed by atoms with E-state index in [0.29, 0.717) is 11.1 Å². The van der Waals surface area contributed by atoms with Crippen molar-refractivity contribution >= 4 is 42.4 Å². The third-order valence-electron chi connectivity index (χ3n) is 4.13. The van der Waals surface area contributed by atoms with Crippen LogP contribution in [0.15, 0.2) is 48.5 Å². The van der Waals surface area contributed by atoms with Gasteiger partial charge in [-0.15, -0.1) is 0 Å². The van der Waals surface area contributed by atoms with Gasteiger partial charge in [0.15, 0.2) is 0 Å². The summed E-state index contributed by atoms with van der Waals surface area (Å²) in [5.74, 6) is -0.719. The second-order valence-electron chi connectivity index (χ2n) is 6.00. The zero-order valence-corrected chi connectivity index (χ0v) is 14.9. The van der Waals surface area contributed by atoms with Crippen LogP contribution in [0.4, 0.5) is 0 Å². The predicted octanol–water partition coefficient (Wildman–Crippen LogP) is 1.48. The summed E-state index contributed by atoms with van der Waals surface area (Å²) in [6.07, 6.45) is 1.73. The van der Waals surface area contributed by atoms with E-state index in [2.05, 4.69) is 22.7 Å². The second kappa shape index (κ2) is 7.55. The van der Waals surface area contributed by atoms with Crippen molar-refractivity contribution < 1.29 is 19.2 Å². The molecule has 2 aromatic rings. The van der Waals surface area contributed by atoms with Gasteiger partial charge in [-0.2, -0.15) is 9.58 Å². The van der Waals surface area contributed by atoms with Gasteiger partial charge in [-0.05, 0) is 0 Å². The Morgan fingerprint density at radius 2 is 1.08 bits per heavy atom. The minimum atomic E-state index is -2.00. The van der Waals surface area contributed by atoms with Gasteiger partial charge in [0.2, 0.25) is 0 Å². The van der Waals surface area contributed by atoms with Gasteiger partial charge in [-0.25, -0.2) is 0 Å². The maximum atomic E-state index is 11.7. The number of benzene rings is 2. The molecule has 2 aromatic carbocycles. The predicted molar refractivity (Wildman–Crippen MR) is 97.7 cm³/mol. The van der Waals surface area contributed by atoms with Gasteiger partial charge in [0, 0.05) is 11.1 Å². The van der Waals surface area contributed by atoms with E-state index in [9.17, 15) is 9.59 Å². The molecule has 0 saturated carbocycles. The van der Waals surface area contributed by atoms with Crippen molar-refractivity contribution in [3.8, 4) is 0 Å². The highest BCUT2D eigenvalue weighted by Crippen LogP contribution is 2.08. The molecule has 0 saturated heterocycles. The number of Topliss-reactive ketones (excluding diaryl/α,β-unsaturated/α-hetero) is 2. The van der Waals surface area contributed by atoms with Crippen molar-refractivity contribution in [2.24, 2.45) is 0 Å². The summed E-state index contributed by atoms with van der Waals surface area (Å²) in [6, 6.07) is 14.5. The van der Waals surface area contributed by atoms with E-state index in [4.69, 9.17) is 11.1 Å². The first-order valence-electron chi connectivity index (χ1n) is 7.54. The van der Waals surface area contributed by atoms with Gasteiger partial charge >= 0.3 is 12.4 Å². The van der Waals surface area contributed by atoms with Gasteiger partial charge in [0.25, 0.3) is 11.6 Å². The van der Waals surface area contributed by atoms with E-state index in [1.807, 2.05) is 24.3 Å². The van der Waals surface area contributed by atoms with Crippen molar-refractivity contribution in [2.75, 3.05) is 0 Å². The average molecular weight is 348 g/mol. The summed E-state index contributed by atoms with van der Waals surface area (Å²) in [6.45, 7) is 4.34. The third kappa shape index (κ3) is 3.99. The Kier molecular flexibility index (Phi) is 5.47. The lowest BCUT2D eigenvalue weighted by molar-refractivity contribution is 0.00214. The Bertz CT molecular complexity index is 830. The normalized spacial score (nSPS) is 10.3. The number of carbonyl (C=O) groups excluding carboxylic acids is 2. The first-order valence-corrected chi connectivity index (χ1v) is 10.5. The van der Waals surface area contributed by atoms with Crippen LogP contribution in [0.1, 0.15) is 20.7 Å². The fourth-order valence-electron chi connectivity index (χ4n) is 2.52. The lowest BCUT2D eigenvalue weighted by Crippen LogP contribution is -2.52. The van der Waals surface area contributed by atoms with Crippen LogP contribution in [-0.4, -0.2) is 41.6 Å². The lowest BCUT2D eigenvalue weighted by atomic mass is 10.1. The SMILES string of the molecule is C[Si](C)(c1ccc(C(=O)C=[N+]=[N-])cc1)c1ccc(C(=O)C=[N+]=[N-])cc1. The molecule has 124 valence electrons. The Morgan fingerprint density at radius 3 is 1.36 bits per heavy atom. The second-order valence-corrected chi connectivity index (χ2v) is 10.4. The summed E-state index contributed by atoms with van der Waals surface area (Å²) < 4.78 is 0. The fraction of sp³-hybridized carbons (Fsp3) is 0.111. The van der Waals surface area contributed by atoms with Crippen LogP contribution in [0.5, 0.6) is 0 Å². The molecule has 25 heavy (non-hydrogen) atoms. The standard InChI is InChI=1S/C18H16N4O2Si/c1-25(2,15-7-3-13(4-8-15)17(23)11-21-19)16-9-5-14(6-10-16)18(24)12-22-20/h3-12H,1-2H3. The van der Waals surface area contributed by atoms with Crippen LogP contribution in [0.3, 0.4) is 0 Å². The van der Waals surface area contributed by atoms with Crippen molar-refractivity contribution in [3.05, 3.63) is 70.7 Å². The summed E-state index contributed by atoms with van der Waals surface area (Å²) in [5, 5.41) is 2.25. The van der Waals surface area contributed by atoms with Crippen molar-refractivity contribution in [2.45, 2.75) is 13.1 Å². The maximum Gasteiger partial charge on any atom is 0.328 e. The summed E-state index contributed by atoms with van der Waals surface area (Å²) in [7, 11) is -2.00. The number of rotatable bonds is 6. The van der Waals surface area contributed by atoms with Crippen LogP contribution in [0.2, 0.25) is 13.1 Å². The number of hydrogen-bond donors (Lipinski definition) is 0. The molecule has 0 amide bonds. The molecule has 0 N–H and O–H groups in total. The number of ketones is 2. The molecule has 2 rings (SSSR count). The van der Waals surface area contributed by atoms with Crippen LogP contribution >= 0.6 is 0 Å². The quantitative estimate of drug-likeness (QED) is 0.259. The van der Waals surface area contributed by atoms with E-state index >= 15 is 0 Å².